The Kier molecular flexibility index (Phi) is 23.2. The second kappa shape index (κ2) is 24.5. The summed E-state index contributed by atoms with van der Waals surface area (Å²) in [5.74, 6) is 0.176. The van der Waals surface area contributed by atoms with Gasteiger partial charge in [-0.05, 0) is 112 Å². The topological polar surface area (TPSA) is 38.3 Å². The molecule has 0 heterocycles. The van der Waals surface area contributed by atoms with E-state index in [-0.39, 0.29) is 5.91 Å². The van der Waals surface area contributed by atoms with Crippen LogP contribution in [0, 0.1) is 0 Å². The molecule has 3 heteroatoms. The lowest BCUT2D eigenvalue weighted by atomic mass is 10.0. The molecule has 1 N–H and O–H groups in total. The Balaban J connectivity index is 3.97. The summed E-state index contributed by atoms with van der Waals surface area (Å²) < 4.78 is 5.06. The first-order valence-corrected chi connectivity index (χ1v) is 14.8. The Bertz CT molecular complexity index is 748. The van der Waals surface area contributed by atoms with Gasteiger partial charge >= 0.3 is 0 Å². The molecule has 0 unspecified atom stereocenters. The highest BCUT2D eigenvalue weighted by molar-refractivity contribution is 5.76. The van der Waals surface area contributed by atoms with Crippen molar-refractivity contribution in [2.24, 2.45) is 0 Å². The number of ether oxygens (including phenoxy) is 1. The zero-order chi connectivity index (χ0) is 27.7. The van der Waals surface area contributed by atoms with Crippen LogP contribution in [0.4, 0.5) is 0 Å². The number of carbonyl (C=O) groups excluding carboxylic acids is 1. The van der Waals surface area contributed by atoms with Gasteiger partial charge in [-0.3, -0.25) is 4.79 Å². The fourth-order valence-corrected chi connectivity index (χ4v) is 4.10. The molecule has 0 atom stereocenters. The average molecular weight is 514 g/mol. The molecule has 3 nitrogen and oxygen atoms in total. The van der Waals surface area contributed by atoms with Gasteiger partial charge in [-0.15, -0.1) is 0 Å². The Morgan fingerprint density at radius 3 is 1.54 bits per heavy atom. The molecule has 0 aliphatic heterocycles. The monoisotopic (exact) mass is 513 g/mol. The molecule has 0 fully saturated rings. The fourth-order valence-electron chi connectivity index (χ4n) is 4.10. The molecule has 0 saturated heterocycles. The van der Waals surface area contributed by atoms with Crippen molar-refractivity contribution < 1.29 is 9.53 Å². The van der Waals surface area contributed by atoms with Gasteiger partial charge in [-0.1, -0.05) is 71.1 Å². The van der Waals surface area contributed by atoms with E-state index in [2.05, 4.69) is 77.2 Å². The predicted molar refractivity (Wildman–Crippen MR) is 164 cm³/mol. The van der Waals surface area contributed by atoms with E-state index in [4.69, 9.17) is 4.74 Å². The molecule has 37 heavy (non-hydrogen) atoms. The maximum Gasteiger partial charge on any atom is 0.220 e. The van der Waals surface area contributed by atoms with Crippen LogP contribution in [0.2, 0.25) is 0 Å². The number of hydrogen-bond donors (Lipinski definition) is 1. The van der Waals surface area contributed by atoms with Gasteiger partial charge in [0.1, 0.15) is 0 Å². The number of nitrogens with one attached hydrogen (secondary N) is 1. The number of carbonyl (C=O) groups is 1. The predicted octanol–water partition coefficient (Wildman–Crippen LogP) is 9.96. The summed E-state index contributed by atoms with van der Waals surface area (Å²) >= 11 is 0. The number of unbranched alkanes of at least 4 members (excludes halogenated alkanes) is 4. The van der Waals surface area contributed by atoms with Crippen molar-refractivity contribution in [1.82, 2.24) is 5.32 Å². The minimum Gasteiger partial charge on any atom is -0.385 e. The quantitative estimate of drug-likeness (QED) is 0.115. The number of methoxy groups -OCH3 is 1. The zero-order valence-corrected chi connectivity index (χ0v) is 25.5. The van der Waals surface area contributed by atoms with Gasteiger partial charge in [0.25, 0.3) is 0 Å². The van der Waals surface area contributed by atoms with E-state index in [0.29, 0.717) is 6.42 Å². The molecule has 0 aliphatic rings. The second-order valence-electron chi connectivity index (χ2n) is 10.9. The minimum atomic E-state index is 0.176. The van der Waals surface area contributed by atoms with E-state index < -0.39 is 0 Å². The van der Waals surface area contributed by atoms with Gasteiger partial charge in [-0.2, -0.15) is 0 Å². The Morgan fingerprint density at radius 1 is 0.568 bits per heavy atom. The number of rotatable bonds is 22. The van der Waals surface area contributed by atoms with Crippen LogP contribution in [0.5, 0.6) is 0 Å². The summed E-state index contributed by atoms with van der Waals surface area (Å²) in [6.45, 7) is 14.9. The van der Waals surface area contributed by atoms with Crippen molar-refractivity contribution in [2.45, 2.75) is 131 Å². The van der Waals surface area contributed by atoms with Gasteiger partial charge in [0, 0.05) is 26.7 Å². The third kappa shape index (κ3) is 25.6. The molecule has 0 aliphatic carbocycles. The molecular weight excluding hydrogens is 454 g/mol. The SMILES string of the molecule is COCCCCCCNC(=O)CC/C(C)=C/CC/C(C)=C/CC/C=C(\C)CC/C=C(\C)CCC=C(C)C. The van der Waals surface area contributed by atoms with Crippen molar-refractivity contribution >= 4 is 5.91 Å². The van der Waals surface area contributed by atoms with E-state index >= 15 is 0 Å². The van der Waals surface area contributed by atoms with E-state index in [1.165, 1.54) is 47.1 Å². The Labute approximate surface area is 230 Å². The minimum absolute atomic E-state index is 0.176. The molecule has 0 rings (SSSR count). The largest absolute Gasteiger partial charge is 0.385 e. The number of allylic oxidation sites excluding steroid dienone is 10. The second-order valence-corrected chi connectivity index (χ2v) is 10.9. The van der Waals surface area contributed by atoms with Gasteiger partial charge in [0.05, 0.1) is 0 Å². The summed E-state index contributed by atoms with van der Waals surface area (Å²) in [5.41, 5.74) is 7.21. The van der Waals surface area contributed by atoms with Gasteiger partial charge in [0.2, 0.25) is 5.91 Å². The maximum atomic E-state index is 12.0. The summed E-state index contributed by atoms with van der Waals surface area (Å²) in [6, 6.07) is 0. The van der Waals surface area contributed by atoms with Crippen LogP contribution < -0.4 is 5.32 Å². The van der Waals surface area contributed by atoms with Crippen LogP contribution in [0.25, 0.3) is 0 Å². The summed E-state index contributed by atoms with van der Waals surface area (Å²) in [4.78, 5) is 12.0. The smallest absolute Gasteiger partial charge is 0.220 e. The van der Waals surface area contributed by atoms with E-state index in [1.54, 1.807) is 7.11 Å². The van der Waals surface area contributed by atoms with Gasteiger partial charge in [0.15, 0.2) is 0 Å². The first-order valence-electron chi connectivity index (χ1n) is 14.8. The third-order valence-electron chi connectivity index (χ3n) is 6.65. The normalized spacial score (nSPS) is 13.2. The van der Waals surface area contributed by atoms with Crippen LogP contribution in [-0.4, -0.2) is 26.2 Å². The molecule has 0 aromatic rings. The fraction of sp³-hybridized carbons (Fsp3) is 0.676. The van der Waals surface area contributed by atoms with Crippen molar-refractivity contribution in [3.8, 4) is 0 Å². The number of hydrogen-bond acceptors (Lipinski definition) is 2. The van der Waals surface area contributed by atoms with Crippen LogP contribution in [0.15, 0.2) is 58.2 Å². The lowest BCUT2D eigenvalue weighted by molar-refractivity contribution is -0.121. The molecule has 1 amide bonds. The highest BCUT2D eigenvalue weighted by atomic mass is 16.5. The van der Waals surface area contributed by atoms with Crippen molar-refractivity contribution in [3.63, 3.8) is 0 Å². The Hall–Kier alpha value is -1.87. The Morgan fingerprint density at radius 2 is 1.03 bits per heavy atom. The van der Waals surface area contributed by atoms with E-state index in [1.807, 2.05) is 0 Å². The van der Waals surface area contributed by atoms with E-state index in [9.17, 15) is 4.79 Å². The van der Waals surface area contributed by atoms with E-state index in [0.717, 1.165) is 77.4 Å². The molecule has 0 saturated carbocycles. The van der Waals surface area contributed by atoms with Crippen LogP contribution >= 0.6 is 0 Å². The van der Waals surface area contributed by atoms with Gasteiger partial charge < -0.3 is 10.1 Å². The molecule has 0 aromatic carbocycles. The van der Waals surface area contributed by atoms with Gasteiger partial charge in [-0.25, -0.2) is 0 Å². The molecule has 212 valence electrons. The first kappa shape index (κ1) is 35.1. The maximum absolute atomic E-state index is 12.0. The zero-order valence-electron chi connectivity index (χ0n) is 25.5. The van der Waals surface area contributed by atoms with Crippen LogP contribution in [-0.2, 0) is 9.53 Å². The standard InChI is InChI=1S/C34H59NO2/c1-29(2)17-14-20-32(5)23-15-21-30(3)18-10-11-19-31(4)22-16-24-33(6)25-26-34(36)35-27-12-8-9-13-28-37-7/h17-19,23-24H,8-16,20-22,25-28H2,1-7H3,(H,35,36)/b30-18+,31-19+,32-23+,33-24+. The summed E-state index contributed by atoms with van der Waals surface area (Å²) in [5, 5.41) is 3.05. The molecule has 0 bridgehead atoms. The lowest BCUT2D eigenvalue weighted by Gasteiger charge is -2.06. The molecule has 0 spiro atoms. The third-order valence-corrected chi connectivity index (χ3v) is 6.65. The highest BCUT2D eigenvalue weighted by Crippen LogP contribution is 2.14. The van der Waals surface area contributed by atoms with Crippen LogP contribution in [0.1, 0.15) is 131 Å². The van der Waals surface area contributed by atoms with Crippen molar-refractivity contribution in [3.05, 3.63) is 58.2 Å². The lowest BCUT2D eigenvalue weighted by Crippen LogP contribution is -2.24. The number of amides is 1. The highest BCUT2D eigenvalue weighted by Gasteiger charge is 2.01. The van der Waals surface area contributed by atoms with Crippen molar-refractivity contribution in [2.75, 3.05) is 20.3 Å². The molecule has 0 aromatic heterocycles. The summed E-state index contributed by atoms with van der Waals surface area (Å²) in [7, 11) is 1.74. The summed E-state index contributed by atoms with van der Waals surface area (Å²) in [6.07, 6.45) is 26.9. The molecule has 0 radical (unpaired) electrons. The average Bonchev–Trinajstić information content (AvgIpc) is 2.84. The first-order chi connectivity index (χ1) is 17.7. The van der Waals surface area contributed by atoms with Crippen molar-refractivity contribution in [1.29, 1.82) is 0 Å². The molecular formula is C34H59NO2. The van der Waals surface area contributed by atoms with Crippen LogP contribution in [0.3, 0.4) is 0 Å².